The molecule has 0 aromatic carbocycles. The van der Waals surface area contributed by atoms with Gasteiger partial charge in [0.2, 0.25) is 0 Å². The lowest BCUT2D eigenvalue weighted by Gasteiger charge is -2.25. The summed E-state index contributed by atoms with van der Waals surface area (Å²) in [6.07, 6.45) is 5.08. The van der Waals surface area contributed by atoms with Crippen molar-refractivity contribution in [3.05, 3.63) is 0 Å². The topological polar surface area (TPSA) is 15.3 Å². The minimum Gasteiger partial charge on any atom is -0.313 e. The Balaban J connectivity index is 3.58. The summed E-state index contributed by atoms with van der Waals surface area (Å²) in [7, 11) is 2.22. The highest BCUT2D eigenvalue weighted by Crippen LogP contribution is 2.01. The molecule has 0 radical (unpaired) electrons. The average molecular weight is 214 g/mol. The lowest BCUT2D eigenvalue weighted by molar-refractivity contribution is 0.246. The highest BCUT2D eigenvalue weighted by molar-refractivity contribution is 4.67. The first kappa shape index (κ1) is 14.9. The summed E-state index contributed by atoms with van der Waals surface area (Å²) < 4.78 is 0. The fraction of sp³-hybridized carbons (Fsp3) is 1.00. The summed E-state index contributed by atoms with van der Waals surface area (Å²) in [5.41, 5.74) is 0. The second-order valence-corrected chi connectivity index (χ2v) is 4.59. The second kappa shape index (κ2) is 9.17. The Morgan fingerprint density at radius 3 is 2.27 bits per heavy atom. The summed E-state index contributed by atoms with van der Waals surface area (Å²) in [6, 6.07) is 1.43. The van der Waals surface area contributed by atoms with Gasteiger partial charge in [-0.3, -0.25) is 0 Å². The van der Waals surface area contributed by atoms with E-state index in [0.717, 1.165) is 19.1 Å². The number of nitrogens with zero attached hydrogens (tertiary/aromatic N) is 1. The van der Waals surface area contributed by atoms with Gasteiger partial charge in [-0.25, -0.2) is 0 Å². The molecule has 0 fully saturated rings. The monoisotopic (exact) mass is 214 g/mol. The van der Waals surface area contributed by atoms with Crippen LogP contribution in [0.4, 0.5) is 0 Å². The van der Waals surface area contributed by atoms with Crippen LogP contribution in [0, 0.1) is 0 Å². The third-order valence-electron chi connectivity index (χ3n) is 3.37. The van der Waals surface area contributed by atoms with Gasteiger partial charge in [0.25, 0.3) is 0 Å². The van der Waals surface area contributed by atoms with Crippen LogP contribution in [0.3, 0.4) is 0 Å². The first-order chi connectivity index (χ1) is 7.15. The zero-order valence-electron chi connectivity index (χ0n) is 11.3. The van der Waals surface area contributed by atoms with Gasteiger partial charge in [0, 0.05) is 25.2 Å². The first-order valence-electron chi connectivity index (χ1n) is 6.59. The van der Waals surface area contributed by atoms with Gasteiger partial charge < -0.3 is 10.2 Å². The standard InChI is InChI=1S/C13H30N2/c1-6-9-13(8-3)14-10-11-15(5)12(4)7-2/h12-14H,6-11H2,1-5H3. The van der Waals surface area contributed by atoms with E-state index in [-0.39, 0.29) is 0 Å². The van der Waals surface area contributed by atoms with Gasteiger partial charge in [-0.15, -0.1) is 0 Å². The van der Waals surface area contributed by atoms with Crippen molar-refractivity contribution in [3.63, 3.8) is 0 Å². The van der Waals surface area contributed by atoms with Crippen molar-refractivity contribution >= 4 is 0 Å². The Kier molecular flexibility index (Phi) is 9.12. The minimum atomic E-state index is 0.707. The van der Waals surface area contributed by atoms with Gasteiger partial charge in [0.1, 0.15) is 0 Å². The maximum absolute atomic E-state index is 3.64. The molecule has 2 atom stereocenters. The van der Waals surface area contributed by atoms with Crippen molar-refractivity contribution in [1.82, 2.24) is 10.2 Å². The molecule has 0 aliphatic heterocycles. The lowest BCUT2D eigenvalue weighted by Crippen LogP contribution is -2.38. The van der Waals surface area contributed by atoms with Crippen molar-refractivity contribution in [1.29, 1.82) is 0 Å². The molecular formula is C13H30N2. The molecule has 2 nitrogen and oxygen atoms in total. The molecule has 0 aromatic rings. The molecule has 0 spiro atoms. The summed E-state index contributed by atoms with van der Waals surface area (Å²) in [5, 5.41) is 3.64. The molecule has 0 saturated carbocycles. The van der Waals surface area contributed by atoms with E-state index in [9.17, 15) is 0 Å². The average Bonchev–Trinajstić information content (AvgIpc) is 2.26. The van der Waals surface area contributed by atoms with Crippen LogP contribution in [-0.2, 0) is 0 Å². The molecule has 2 heteroatoms. The summed E-state index contributed by atoms with van der Waals surface area (Å²) in [4.78, 5) is 2.44. The smallest absolute Gasteiger partial charge is 0.0107 e. The maximum atomic E-state index is 3.64. The number of hydrogen-bond acceptors (Lipinski definition) is 2. The molecule has 2 unspecified atom stereocenters. The maximum Gasteiger partial charge on any atom is 0.0107 e. The van der Waals surface area contributed by atoms with Gasteiger partial charge in [0.15, 0.2) is 0 Å². The molecule has 0 aliphatic carbocycles. The number of hydrogen-bond donors (Lipinski definition) is 1. The van der Waals surface area contributed by atoms with E-state index in [2.05, 4.69) is 45.0 Å². The summed E-state index contributed by atoms with van der Waals surface area (Å²) in [5.74, 6) is 0. The summed E-state index contributed by atoms with van der Waals surface area (Å²) >= 11 is 0. The van der Waals surface area contributed by atoms with E-state index in [0.29, 0.717) is 6.04 Å². The number of nitrogens with one attached hydrogen (secondary N) is 1. The Labute approximate surface area is 96.4 Å². The van der Waals surface area contributed by atoms with Gasteiger partial charge in [-0.1, -0.05) is 27.2 Å². The van der Waals surface area contributed by atoms with E-state index in [1.807, 2.05) is 0 Å². The van der Waals surface area contributed by atoms with Crippen LogP contribution in [0.1, 0.15) is 53.4 Å². The highest BCUT2D eigenvalue weighted by Gasteiger charge is 2.07. The van der Waals surface area contributed by atoms with E-state index in [1.165, 1.54) is 25.7 Å². The van der Waals surface area contributed by atoms with Crippen LogP contribution >= 0.6 is 0 Å². The Morgan fingerprint density at radius 1 is 1.13 bits per heavy atom. The first-order valence-corrected chi connectivity index (χ1v) is 6.59. The van der Waals surface area contributed by atoms with Crippen LogP contribution in [0.2, 0.25) is 0 Å². The zero-order chi connectivity index (χ0) is 11.7. The van der Waals surface area contributed by atoms with Crippen LogP contribution in [0.15, 0.2) is 0 Å². The fourth-order valence-corrected chi connectivity index (χ4v) is 1.78. The molecule has 0 bridgehead atoms. The van der Waals surface area contributed by atoms with E-state index >= 15 is 0 Å². The molecule has 0 heterocycles. The molecule has 0 amide bonds. The van der Waals surface area contributed by atoms with Crippen LogP contribution in [-0.4, -0.2) is 37.1 Å². The molecule has 92 valence electrons. The van der Waals surface area contributed by atoms with Crippen molar-refractivity contribution in [2.24, 2.45) is 0 Å². The third-order valence-corrected chi connectivity index (χ3v) is 3.37. The van der Waals surface area contributed by atoms with Crippen molar-refractivity contribution in [3.8, 4) is 0 Å². The van der Waals surface area contributed by atoms with Gasteiger partial charge in [0.05, 0.1) is 0 Å². The highest BCUT2D eigenvalue weighted by atomic mass is 15.1. The second-order valence-electron chi connectivity index (χ2n) is 4.59. The van der Waals surface area contributed by atoms with Gasteiger partial charge in [-0.05, 0) is 33.2 Å². The lowest BCUT2D eigenvalue weighted by atomic mass is 10.1. The number of likely N-dealkylation sites (N-methyl/N-ethyl adjacent to an activating group) is 1. The fourth-order valence-electron chi connectivity index (χ4n) is 1.78. The van der Waals surface area contributed by atoms with E-state index in [1.54, 1.807) is 0 Å². The van der Waals surface area contributed by atoms with Crippen LogP contribution in [0.5, 0.6) is 0 Å². The summed E-state index contributed by atoms with van der Waals surface area (Å²) in [6.45, 7) is 11.4. The molecule has 0 rings (SSSR count). The van der Waals surface area contributed by atoms with E-state index in [4.69, 9.17) is 0 Å². The van der Waals surface area contributed by atoms with Crippen molar-refractivity contribution in [2.45, 2.75) is 65.5 Å². The number of rotatable bonds is 9. The molecule has 0 aromatic heterocycles. The Bertz CT molecular complexity index is 134. The van der Waals surface area contributed by atoms with E-state index < -0.39 is 0 Å². The predicted molar refractivity (Wildman–Crippen MR) is 69.4 cm³/mol. The Morgan fingerprint density at radius 2 is 1.80 bits per heavy atom. The van der Waals surface area contributed by atoms with Crippen molar-refractivity contribution < 1.29 is 0 Å². The predicted octanol–water partition coefficient (Wildman–Crippen LogP) is 2.89. The minimum absolute atomic E-state index is 0.707. The molecular weight excluding hydrogens is 184 g/mol. The molecule has 0 aliphatic rings. The molecule has 15 heavy (non-hydrogen) atoms. The Hall–Kier alpha value is -0.0800. The normalized spacial score (nSPS) is 15.6. The molecule has 0 saturated heterocycles. The quantitative estimate of drug-likeness (QED) is 0.635. The SMILES string of the molecule is CCCC(CC)NCCN(C)C(C)CC. The van der Waals surface area contributed by atoms with Crippen LogP contribution in [0.25, 0.3) is 0 Å². The largest absolute Gasteiger partial charge is 0.313 e. The third kappa shape index (κ3) is 6.91. The molecule has 1 N–H and O–H groups in total. The van der Waals surface area contributed by atoms with Crippen molar-refractivity contribution in [2.75, 3.05) is 20.1 Å². The zero-order valence-corrected chi connectivity index (χ0v) is 11.3. The van der Waals surface area contributed by atoms with Crippen LogP contribution < -0.4 is 5.32 Å². The van der Waals surface area contributed by atoms with Gasteiger partial charge >= 0.3 is 0 Å². The van der Waals surface area contributed by atoms with Gasteiger partial charge in [-0.2, -0.15) is 0 Å².